The van der Waals surface area contributed by atoms with E-state index in [4.69, 9.17) is 5.11 Å². The van der Waals surface area contributed by atoms with Gasteiger partial charge in [-0.05, 0) is 31.4 Å². The van der Waals surface area contributed by atoms with Gasteiger partial charge in [-0.3, -0.25) is 9.78 Å². The van der Waals surface area contributed by atoms with Crippen LogP contribution in [-0.2, 0) is 4.79 Å². The van der Waals surface area contributed by atoms with Gasteiger partial charge in [0.25, 0.3) is 5.91 Å². The predicted molar refractivity (Wildman–Crippen MR) is 75.2 cm³/mol. The highest BCUT2D eigenvalue weighted by atomic mass is 16.4. The average molecular weight is 274 g/mol. The number of nitrogens with zero attached hydrogens (tertiary/aromatic N) is 2. The summed E-state index contributed by atoms with van der Waals surface area (Å²) in [4.78, 5) is 29.0. The van der Waals surface area contributed by atoms with E-state index in [1.807, 2.05) is 11.8 Å². The maximum Gasteiger partial charge on any atom is 0.328 e. The van der Waals surface area contributed by atoms with Crippen LogP contribution in [0, 0.1) is 5.92 Å². The summed E-state index contributed by atoms with van der Waals surface area (Å²) in [5.41, 5.74) is 1.03. The van der Waals surface area contributed by atoms with Gasteiger partial charge >= 0.3 is 5.97 Å². The Balaban J connectivity index is 2.28. The molecule has 2 heterocycles. The summed E-state index contributed by atoms with van der Waals surface area (Å²) >= 11 is 0. The molecule has 1 fully saturated rings. The molecular formula is C15H18N2O3. The summed E-state index contributed by atoms with van der Waals surface area (Å²) in [7, 11) is 0. The molecule has 0 spiro atoms. The second-order valence-corrected chi connectivity index (χ2v) is 5.28. The molecule has 5 nitrogen and oxygen atoms in total. The Hall–Kier alpha value is -2.17. The van der Waals surface area contributed by atoms with Crippen LogP contribution in [-0.4, -0.2) is 39.5 Å². The number of carboxylic acids is 1. The van der Waals surface area contributed by atoms with Gasteiger partial charge in [0.1, 0.15) is 0 Å². The Kier molecular flexibility index (Phi) is 4.17. The van der Waals surface area contributed by atoms with Gasteiger partial charge in [-0.15, -0.1) is 0 Å². The van der Waals surface area contributed by atoms with Gasteiger partial charge in [-0.2, -0.15) is 0 Å². The van der Waals surface area contributed by atoms with E-state index in [0.29, 0.717) is 17.0 Å². The van der Waals surface area contributed by atoms with E-state index in [2.05, 4.69) is 11.9 Å². The van der Waals surface area contributed by atoms with Gasteiger partial charge in [-0.1, -0.05) is 6.92 Å². The molecule has 0 radical (unpaired) electrons. The van der Waals surface area contributed by atoms with Gasteiger partial charge in [-0.25, -0.2) is 4.79 Å². The van der Waals surface area contributed by atoms with Gasteiger partial charge in [0.2, 0.25) is 0 Å². The third kappa shape index (κ3) is 3.04. The molecule has 5 heteroatoms. The highest BCUT2D eigenvalue weighted by Crippen LogP contribution is 2.25. The molecule has 0 saturated carbocycles. The molecule has 1 saturated heterocycles. The van der Waals surface area contributed by atoms with Crippen molar-refractivity contribution in [2.45, 2.75) is 26.3 Å². The van der Waals surface area contributed by atoms with Crippen molar-refractivity contribution in [2.24, 2.45) is 5.92 Å². The fraction of sp³-hybridized carbons (Fsp3) is 0.400. The number of carbonyl (C=O) groups is 2. The molecule has 0 aromatic carbocycles. The van der Waals surface area contributed by atoms with Crippen molar-refractivity contribution in [3.05, 3.63) is 35.7 Å². The molecule has 106 valence electrons. The van der Waals surface area contributed by atoms with Crippen LogP contribution in [0.5, 0.6) is 0 Å². The number of aromatic nitrogens is 1. The zero-order valence-corrected chi connectivity index (χ0v) is 11.6. The maximum absolute atomic E-state index is 12.6. The normalized spacial score (nSPS) is 22.4. The number of amides is 1. The monoisotopic (exact) mass is 274 g/mol. The van der Waals surface area contributed by atoms with E-state index >= 15 is 0 Å². The molecule has 2 unspecified atom stereocenters. The summed E-state index contributed by atoms with van der Waals surface area (Å²) in [5, 5.41) is 8.69. The topological polar surface area (TPSA) is 70.5 Å². The first-order valence-corrected chi connectivity index (χ1v) is 6.65. The van der Waals surface area contributed by atoms with E-state index in [0.717, 1.165) is 19.0 Å². The van der Waals surface area contributed by atoms with Gasteiger partial charge in [0.15, 0.2) is 0 Å². The second kappa shape index (κ2) is 5.86. The van der Waals surface area contributed by atoms with E-state index in [-0.39, 0.29) is 11.9 Å². The molecule has 2 rings (SSSR count). The van der Waals surface area contributed by atoms with Crippen molar-refractivity contribution in [3.8, 4) is 0 Å². The third-order valence-corrected chi connectivity index (χ3v) is 3.53. The summed E-state index contributed by atoms with van der Waals surface area (Å²) in [6, 6.07) is 1.85. The van der Waals surface area contributed by atoms with Crippen LogP contribution in [0.1, 0.15) is 36.2 Å². The number of carboxylic acid groups (broad SMARTS) is 1. The van der Waals surface area contributed by atoms with E-state index in [9.17, 15) is 9.59 Å². The first-order chi connectivity index (χ1) is 9.49. The first-order valence-electron chi connectivity index (χ1n) is 6.65. The van der Waals surface area contributed by atoms with Gasteiger partial charge in [0.05, 0.1) is 0 Å². The second-order valence-electron chi connectivity index (χ2n) is 5.28. The number of carbonyl (C=O) groups excluding carboxylic acids is 1. The molecule has 1 N–H and O–H groups in total. The number of likely N-dealkylation sites (tertiary alicyclic amines) is 1. The highest BCUT2D eigenvalue weighted by Gasteiger charge is 2.31. The minimum Gasteiger partial charge on any atom is -0.478 e. The number of hydrogen-bond donors (Lipinski definition) is 1. The molecule has 1 aliphatic heterocycles. The zero-order valence-electron chi connectivity index (χ0n) is 11.6. The predicted octanol–water partition coefficient (Wildman–Crippen LogP) is 2.05. The van der Waals surface area contributed by atoms with Crippen molar-refractivity contribution < 1.29 is 14.7 Å². The minimum atomic E-state index is -1.05. The lowest BCUT2D eigenvalue weighted by Gasteiger charge is -2.22. The number of rotatable bonds is 3. The lowest BCUT2D eigenvalue weighted by molar-refractivity contribution is -0.131. The summed E-state index contributed by atoms with van der Waals surface area (Å²) in [6.07, 6.45) is 6.49. The standard InChI is InChI=1S/C15H18N2O3/c1-10-7-11(2)17(9-10)15(20)13-5-6-16-8-12(13)3-4-14(18)19/h3-6,8,10-11H,7,9H2,1-2H3,(H,18,19)/b4-3+. The highest BCUT2D eigenvalue weighted by molar-refractivity contribution is 5.99. The number of hydrogen-bond acceptors (Lipinski definition) is 3. The van der Waals surface area contributed by atoms with Crippen molar-refractivity contribution in [1.82, 2.24) is 9.88 Å². The van der Waals surface area contributed by atoms with Crippen LogP contribution in [0.4, 0.5) is 0 Å². The fourth-order valence-electron chi connectivity index (χ4n) is 2.63. The van der Waals surface area contributed by atoms with Gasteiger partial charge < -0.3 is 10.0 Å². The van der Waals surface area contributed by atoms with Gasteiger partial charge in [0, 0.05) is 42.2 Å². The van der Waals surface area contributed by atoms with Crippen LogP contribution in [0.25, 0.3) is 6.08 Å². The van der Waals surface area contributed by atoms with E-state index < -0.39 is 5.97 Å². The Labute approximate surface area is 117 Å². The van der Waals surface area contributed by atoms with E-state index in [1.54, 1.807) is 12.3 Å². The molecule has 1 aromatic rings. The summed E-state index contributed by atoms with van der Waals surface area (Å²) in [6.45, 7) is 4.90. The molecule has 20 heavy (non-hydrogen) atoms. The van der Waals surface area contributed by atoms with Crippen molar-refractivity contribution >= 4 is 18.0 Å². The van der Waals surface area contributed by atoms with Crippen molar-refractivity contribution in [2.75, 3.05) is 6.54 Å². The maximum atomic E-state index is 12.6. The average Bonchev–Trinajstić information content (AvgIpc) is 2.75. The Bertz CT molecular complexity index is 554. The number of aliphatic carboxylic acids is 1. The summed E-state index contributed by atoms with van der Waals surface area (Å²) < 4.78 is 0. The SMILES string of the molecule is CC1CC(C)N(C(=O)c2ccncc2/C=C/C(=O)O)C1. The van der Waals surface area contributed by atoms with Crippen LogP contribution in [0.2, 0.25) is 0 Å². The van der Waals surface area contributed by atoms with Crippen LogP contribution < -0.4 is 0 Å². The van der Waals surface area contributed by atoms with E-state index in [1.165, 1.54) is 12.3 Å². The zero-order chi connectivity index (χ0) is 14.7. The Morgan fingerprint density at radius 1 is 1.45 bits per heavy atom. The molecule has 1 aromatic heterocycles. The first kappa shape index (κ1) is 14.2. The van der Waals surface area contributed by atoms with Crippen LogP contribution in [0.3, 0.4) is 0 Å². The smallest absolute Gasteiger partial charge is 0.328 e. The lowest BCUT2D eigenvalue weighted by Crippen LogP contribution is -2.34. The quantitative estimate of drug-likeness (QED) is 0.856. The molecule has 0 aliphatic carbocycles. The largest absolute Gasteiger partial charge is 0.478 e. The third-order valence-electron chi connectivity index (χ3n) is 3.53. The van der Waals surface area contributed by atoms with Crippen molar-refractivity contribution in [3.63, 3.8) is 0 Å². The minimum absolute atomic E-state index is 0.0608. The number of pyridine rings is 1. The molecular weight excluding hydrogens is 256 g/mol. The molecule has 1 aliphatic rings. The Morgan fingerprint density at radius 3 is 2.80 bits per heavy atom. The lowest BCUT2D eigenvalue weighted by atomic mass is 10.1. The molecule has 2 atom stereocenters. The van der Waals surface area contributed by atoms with Crippen molar-refractivity contribution in [1.29, 1.82) is 0 Å². The molecule has 1 amide bonds. The van der Waals surface area contributed by atoms with Crippen LogP contribution >= 0.6 is 0 Å². The Morgan fingerprint density at radius 2 is 2.20 bits per heavy atom. The molecule has 0 bridgehead atoms. The van der Waals surface area contributed by atoms with Crippen LogP contribution in [0.15, 0.2) is 24.5 Å². The fourth-order valence-corrected chi connectivity index (χ4v) is 2.63. The summed E-state index contributed by atoms with van der Waals surface area (Å²) in [5.74, 6) is -0.612.